The molecule has 0 radical (unpaired) electrons. The lowest BCUT2D eigenvalue weighted by atomic mass is 9.96. The zero-order chi connectivity index (χ0) is 20.0. The van der Waals surface area contributed by atoms with Crippen LogP contribution in [0.1, 0.15) is 40.4 Å². The van der Waals surface area contributed by atoms with Crippen molar-refractivity contribution in [1.29, 1.82) is 0 Å². The van der Waals surface area contributed by atoms with Crippen LogP contribution in [0, 0.1) is 0 Å². The summed E-state index contributed by atoms with van der Waals surface area (Å²) in [6.07, 6.45) is 4.50. The molecule has 0 aliphatic heterocycles. The number of aromatic hydroxyl groups is 1. The molecule has 0 atom stereocenters. The molecule has 0 aliphatic rings. The van der Waals surface area contributed by atoms with Crippen LogP contribution < -0.4 is 9.47 Å². The minimum absolute atomic E-state index is 0.141. The molecule has 2 aromatic rings. The maximum Gasteiger partial charge on any atom is 0.340 e. The van der Waals surface area contributed by atoms with Crippen LogP contribution in [0.15, 0.2) is 42.5 Å². The number of carboxylic acids is 1. The zero-order valence-corrected chi connectivity index (χ0v) is 15.8. The van der Waals surface area contributed by atoms with E-state index in [4.69, 9.17) is 9.47 Å². The van der Waals surface area contributed by atoms with Crippen LogP contribution in [-0.4, -0.2) is 30.4 Å². The highest BCUT2D eigenvalue weighted by Gasteiger charge is 2.21. The minimum Gasteiger partial charge on any atom is -0.507 e. The van der Waals surface area contributed by atoms with E-state index in [1.54, 1.807) is 25.3 Å². The number of carboxylic acid groups (broad SMARTS) is 1. The Labute approximate surface area is 159 Å². The van der Waals surface area contributed by atoms with Crippen molar-refractivity contribution in [3.8, 4) is 17.2 Å². The van der Waals surface area contributed by atoms with Crippen molar-refractivity contribution in [2.24, 2.45) is 0 Å². The zero-order valence-electron chi connectivity index (χ0n) is 15.8. The molecule has 0 saturated carbocycles. The number of ether oxygens (including phenoxy) is 2. The quantitative estimate of drug-likeness (QED) is 0.518. The van der Waals surface area contributed by atoms with Crippen LogP contribution in [0.2, 0.25) is 0 Å². The summed E-state index contributed by atoms with van der Waals surface area (Å²) in [4.78, 5) is 11.8. The Morgan fingerprint density at radius 1 is 1.15 bits per heavy atom. The average molecular weight is 368 g/mol. The van der Waals surface area contributed by atoms with Gasteiger partial charge in [-0.2, -0.15) is 0 Å². The Morgan fingerprint density at radius 3 is 2.33 bits per heavy atom. The van der Waals surface area contributed by atoms with Crippen LogP contribution in [-0.2, 0) is 6.42 Å². The van der Waals surface area contributed by atoms with E-state index in [0.29, 0.717) is 29.7 Å². The monoisotopic (exact) mass is 368 g/mol. The summed E-state index contributed by atoms with van der Waals surface area (Å²) >= 11 is 0. The van der Waals surface area contributed by atoms with E-state index in [1.807, 2.05) is 31.2 Å². The highest BCUT2D eigenvalue weighted by atomic mass is 16.5. The highest BCUT2D eigenvalue weighted by molar-refractivity contribution is 5.97. The third-order valence-corrected chi connectivity index (χ3v) is 4.20. The van der Waals surface area contributed by atoms with Crippen LogP contribution in [0.4, 0.5) is 0 Å². The van der Waals surface area contributed by atoms with Crippen LogP contribution in [0.3, 0.4) is 0 Å². The van der Waals surface area contributed by atoms with Crippen molar-refractivity contribution < 1.29 is 24.5 Å². The fourth-order valence-electron chi connectivity index (χ4n) is 2.72. The van der Waals surface area contributed by atoms with E-state index >= 15 is 0 Å². The van der Waals surface area contributed by atoms with Gasteiger partial charge in [0.25, 0.3) is 0 Å². The van der Waals surface area contributed by atoms with Gasteiger partial charge in [-0.15, -0.1) is 6.58 Å². The predicted molar refractivity (Wildman–Crippen MR) is 107 cm³/mol. The second-order valence-electron chi connectivity index (χ2n) is 6.24. The molecule has 0 spiro atoms. The number of hydrogen-bond acceptors (Lipinski definition) is 4. The SMILES string of the molecule is C=C(C)CCc1c(OC)cc(C=Cc2ccc(OC)cc2)c(C(=O)O)c1O. The topological polar surface area (TPSA) is 76.0 Å². The van der Waals surface area contributed by atoms with Gasteiger partial charge in [-0.25, -0.2) is 4.79 Å². The van der Waals surface area contributed by atoms with E-state index in [-0.39, 0.29) is 11.3 Å². The maximum atomic E-state index is 11.8. The van der Waals surface area contributed by atoms with Gasteiger partial charge < -0.3 is 19.7 Å². The van der Waals surface area contributed by atoms with E-state index in [0.717, 1.165) is 16.9 Å². The summed E-state index contributed by atoms with van der Waals surface area (Å²) in [5, 5.41) is 20.2. The summed E-state index contributed by atoms with van der Waals surface area (Å²) in [6, 6.07) is 8.98. The van der Waals surface area contributed by atoms with Gasteiger partial charge in [0.15, 0.2) is 0 Å². The van der Waals surface area contributed by atoms with Gasteiger partial charge in [0, 0.05) is 5.56 Å². The van der Waals surface area contributed by atoms with Gasteiger partial charge in [0.2, 0.25) is 0 Å². The van der Waals surface area contributed by atoms with Gasteiger partial charge in [0.1, 0.15) is 22.8 Å². The second kappa shape index (κ2) is 8.94. The van der Waals surface area contributed by atoms with Crippen molar-refractivity contribution >= 4 is 18.1 Å². The molecule has 5 heteroatoms. The normalized spacial score (nSPS) is 10.8. The standard InChI is InChI=1S/C22H24O5/c1-14(2)5-12-18-19(27-4)13-16(20(21(18)23)22(24)25)9-6-15-7-10-17(26-3)11-8-15/h6-11,13,23H,1,5,12H2,2-4H3,(H,24,25). The average Bonchev–Trinajstić information content (AvgIpc) is 2.64. The molecular weight excluding hydrogens is 344 g/mol. The number of rotatable bonds is 8. The Bertz CT molecular complexity index is 863. The minimum atomic E-state index is -1.19. The summed E-state index contributed by atoms with van der Waals surface area (Å²) in [5.74, 6) is -0.272. The largest absolute Gasteiger partial charge is 0.507 e. The molecule has 2 aromatic carbocycles. The fourth-order valence-corrected chi connectivity index (χ4v) is 2.72. The fraction of sp³-hybridized carbons (Fsp3) is 0.227. The number of phenols is 1. The molecule has 0 aromatic heterocycles. The summed E-state index contributed by atoms with van der Waals surface area (Å²) in [5.41, 5.74) is 2.51. The molecule has 0 bridgehead atoms. The predicted octanol–water partition coefficient (Wildman–Crippen LogP) is 4.79. The third kappa shape index (κ3) is 4.91. The second-order valence-corrected chi connectivity index (χ2v) is 6.24. The van der Waals surface area contributed by atoms with Crippen LogP contribution >= 0.6 is 0 Å². The molecule has 0 heterocycles. The molecule has 0 fully saturated rings. The number of methoxy groups -OCH3 is 2. The molecule has 0 saturated heterocycles. The van der Waals surface area contributed by atoms with E-state index in [1.165, 1.54) is 7.11 Å². The smallest absolute Gasteiger partial charge is 0.340 e. The molecule has 0 amide bonds. The summed E-state index contributed by atoms with van der Waals surface area (Å²) < 4.78 is 10.5. The summed E-state index contributed by atoms with van der Waals surface area (Å²) in [7, 11) is 3.09. The lowest BCUT2D eigenvalue weighted by molar-refractivity contribution is 0.0693. The first kappa shape index (κ1) is 20.1. The van der Waals surface area contributed by atoms with Gasteiger partial charge in [-0.3, -0.25) is 0 Å². The molecule has 0 aliphatic carbocycles. The molecule has 27 heavy (non-hydrogen) atoms. The molecule has 2 N–H and O–H groups in total. The van der Waals surface area contributed by atoms with Crippen LogP contribution in [0.25, 0.3) is 12.2 Å². The van der Waals surface area contributed by atoms with Crippen molar-refractivity contribution in [2.75, 3.05) is 14.2 Å². The number of hydrogen-bond donors (Lipinski definition) is 2. The first-order chi connectivity index (χ1) is 12.9. The number of benzene rings is 2. The van der Waals surface area contributed by atoms with Gasteiger partial charge >= 0.3 is 5.97 Å². The van der Waals surface area contributed by atoms with E-state index in [9.17, 15) is 15.0 Å². The maximum absolute atomic E-state index is 11.8. The molecule has 5 nitrogen and oxygen atoms in total. The first-order valence-electron chi connectivity index (χ1n) is 8.50. The number of carbonyl (C=O) groups is 1. The van der Waals surface area contributed by atoms with Gasteiger partial charge in [-0.1, -0.05) is 29.9 Å². The third-order valence-electron chi connectivity index (χ3n) is 4.20. The highest BCUT2D eigenvalue weighted by Crippen LogP contribution is 2.36. The van der Waals surface area contributed by atoms with E-state index < -0.39 is 5.97 Å². The van der Waals surface area contributed by atoms with Crippen molar-refractivity contribution in [3.05, 3.63) is 64.7 Å². The number of aromatic carboxylic acids is 1. The molecular formula is C22H24O5. The number of allylic oxidation sites excluding steroid dienone is 1. The Hall–Kier alpha value is -3.21. The van der Waals surface area contributed by atoms with Crippen molar-refractivity contribution in [3.63, 3.8) is 0 Å². The molecule has 2 rings (SSSR count). The van der Waals surface area contributed by atoms with Gasteiger partial charge in [0.05, 0.1) is 14.2 Å². The van der Waals surface area contributed by atoms with Crippen molar-refractivity contribution in [2.45, 2.75) is 19.8 Å². The Morgan fingerprint density at radius 2 is 1.81 bits per heavy atom. The van der Waals surface area contributed by atoms with Gasteiger partial charge in [-0.05, 0) is 49.1 Å². The first-order valence-corrected chi connectivity index (χ1v) is 8.50. The summed E-state index contributed by atoms with van der Waals surface area (Å²) in [6.45, 7) is 5.73. The Kier molecular flexibility index (Phi) is 6.66. The van der Waals surface area contributed by atoms with Crippen LogP contribution in [0.5, 0.6) is 17.2 Å². The molecule has 0 unspecified atom stereocenters. The molecule has 142 valence electrons. The lowest BCUT2D eigenvalue weighted by Gasteiger charge is -2.15. The Balaban J connectivity index is 2.47. The van der Waals surface area contributed by atoms with E-state index in [2.05, 4.69) is 6.58 Å². The van der Waals surface area contributed by atoms with Crippen molar-refractivity contribution in [1.82, 2.24) is 0 Å². The lowest BCUT2D eigenvalue weighted by Crippen LogP contribution is -2.05.